The number of nitrogens with two attached hydrogens (primary N) is 1. The molecule has 0 spiro atoms. The Labute approximate surface area is 119 Å². The number of carbonyl (C=O) groups excluding carboxylic acids is 1. The van der Waals surface area contributed by atoms with E-state index in [0.717, 1.165) is 5.56 Å². The maximum Gasteiger partial charge on any atom is 0.228 e. The molecule has 0 radical (unpaired) electrons. The Bertz CT molecular complexity index is 612. The summed E-state index contributed by atoms with van der Waals surface area (Å²) in [6.07, 6.45) is 0. The van der Waals surface area contributed by atoms with E-state index >= 15 is 0 Å². The molecule has 1 heterocycles. The third-order valence-electron chi connectivity index (χ3n) is 2.42. The van der Waals surface area contributed by atoms with Crippen molar-refractivity contribution in [3.8, 4) is 10.6 Å². The summed E-state index contributed by atoms with van der Waals surface area (Å²) in [4.78, 5) is 11.6. The number of hydrogen-bond donors (Lipinski definition) is 2. The van der Waals surface area contributed by atoms with E-state index in [1.807, 2.05) is 13.8 Å². The van der Waals surface area contributed by atoms with Gasteiger partial charge in [-0.15, -0.1) is 10.2 Å². The zero-order chi connectivity index (χ0) is 14.0. The van der Waals surface area contributed by atoms with Crippen molar-refractivity contribution < 1.29 is 4.79 Å². The van der Waals surface area contributed by atoms with Crippen LogP contribution in [-0.4, -0.2) is 16.1 Å². The molecule has 0 saturated carbocycles. The number of nitrogen functional groups attached to an aromatic ring is 1. The topological polar surface area (TPSA) is 80.9 Å². The van der Waals surface area contributed by atoms with Crippen LogP contribution in [0.25, 0.3) is 10.6 Å². The summed E-state index contributed by atoms with van der Waals surface area (Å²) < 4.78 is 0. The van der Waals surface area contributed by atoms with Crippen molar-refractivity contribution in [2.75, 3.05) is 11.1 Å². The van der Waals surface area contributed by atoms with Crippen LogP contribution in [0.5, 0.6) is 0 Å². The monoisotopic (exact) mass is 296 g/mol. The van der Waals surface area contributed by atoms with Gasteiger partial charge in [-0.2, -0.15) is 0 Å². The summed E-state index contributed by atoms with van der Waals surface area (Å²) in [6.45, 7) is 3.63. The number of halogens is 1. The molecule has 2 aromatic rings. The second kappa shape index (κ2) is 5.54. The van der Waals surface area contributed by atoms with E-state index in [1.54, 1.807) is 18.2 Å². The standard InChI is InChI=1S/C12H13ClN4OS/c1-6(2)10(18)15-12-17-16-11(19-12)8-4-3-7(13)5-9(8)14/h3-6H,14H2,1-2H3,(H,15,17,18). The molecule has 1 amide bonds. The quantitative estimate of drug-likeness (QED) is 0.853. The summed E-state index contributed by atoms with van der Waals surface area (Å²) in [7, 11) is 0. The number of rotatable bonds is 3. The van der Waals surface area contributed by atoms with E-state index in [0.29, 0.717) is 20.8 Å². The van der Waals surface area contributed by atoms with Crippen LogP contribution in [0, 0.1) is 5.92 Å². The second-order valence-corrected chi connectivity index (χ2v) is 5.70. The van der Waals surface area contributed by atoms with E-state index < -0.39 is 0 Å². The van der Waals surface area contributed by atoms with Crippen LogP contribution in [0.3, 0.4) is 0 Å². The Morgan fingerprint density at radius 1 is 1.42 bits per heavy atom. The zero-order valence-corrected chi connectivity index (χ0v) is 12.0. The molecular formula is C12H13ClN4OS. The molecule has 0 bridgehead atoms. The second-order valence-electron chi connectivity index (χ2n) is 4.29. The average molecular weight is 297 g/mol. The van der Waals surface area contributed by atoms with Gasteiger partial charge < -0.3 is 11.1 Å². The molecule has 0 fully saturated rings. The van der Waals surface area contributed by atoms with Crippen molar-refractivity contribution in [2.45, 2.75) is 13.8 Å². The summed E-state index contributed by atoms with van der Waals surface area (Å²) in [5.74, 6) is -0.195. The number of hydrogen-bond acceptors (Lipinski definition) is 5. The first-order chi connectivity index (χ1) is 8.97. The number of amides is 1. The fourth-order valence-electron chi connectivity index (χ4n) is 1.36. The highest BCUT2D eigenvalue weighted by molar-refractivity contribution is 7.18. The fraction of sp³-hybridized carbons (Fsp3) is 0.250. The van der Waals surface area contributed by atoms with Crippen LogP contribution in [0.1, 0.15) is 13.8 Å². The van der Waals surface area contributed by atoms with Crippen LogP contribution < -0.4 is 11.1 Å². The van der Waals surface area contributed by atoms with Gasteiger partial charge in [0.1, 0.15) is 0 Å². The van der Waals surface area contributed by atoms with Gasteiger partial charge in [0.15, 0.2) is 5.01 Å². The Morgan fingerprint density at radius 3 is 2.79 bits per heavy atom. The van der Waals surface area contributed by atoms with Crippen molar-refractivity contribution in [2.24, 2.45) is 5.92 Å². The van der Waals surface area contributed by atoms with Crippen molar-refractivity contribution in [1.82, 2.24) is 10.2 Å². The molecule has 0 saturated heterocycles. The molecule has 2 rings (SSSR count). The first kappa shape index (κ1) is 13.8. The Balaban J connectivity index is 2.23. The summed E-state index contributed by atoms with van der Waals surface area (Å²) in [5, 5.41) is 12.3. The molecule has 5 nitrogen and oxygen atoms in total. The van der Waals surface area contributed by atoms with E-state index in [-0.39, 0.29) is 11.8 Å². The van der Waals surface area contributed by atoms with Crippen LogP contribution in [-0.2, 0) is 4.79 Å². The Hall–Kier alpha value is -1.66. The minimum absolute atomic E-state index is 0.0909. The van der Waals surface area contributed by atoms with E-state index in [4.69, 9.17) is 17.3 Å². The Kier molecular flexibility index (Phi) is 4.01. The molecule has 1 aromatic heterocycles. The van der Waals surface area contributed by atoms with Gasteiger partial charge in [0.25, 0.3) is 0 Å². The molecule has 0 aliphatic carbocycles. The molecule has 0 atom stereocenters. The third-order valence-corrected chi connectivity index (χ3v) is 3.53. The minimum atomic E-state index is -0.104. The normalized spacial score (nSPS) is 10.7. The number of nitrogens with one attached hydrogen (secondary N) is 1. The molecule has 100 valence electrons. The number of carbonyl (C=O) groups is 1. The fourth-order valence-corrected chi connectivity index (χ4v) is 2.34. The van der Waals surface area contributed by atoms with Gasteiger partial charge in [-0.1, -0.05) is 36.8 Å². The first-order valence-electron chi connectivity index (χ1n) is 5.67. The van der Waals surface area contributed by atoms with E-state index in [2.05, 4.69) is 15.5 Å². The summed E-state index contributed by atoms with van der Waals surface area (Å²) in [6, 6.07) is 5.18. The highest BCUT2D eigenvalue weighted by Crippen LogP contribution is 2.32. The number of aromatic nitrogens is 2. The highest BCUT2D eigenvalue weighted by atomic mass is 35.5. The van der Waals surface area contributed by atoms with E-state index in [1.165, 1.54) is 11.3 Å². The van der Waals surface area contributed by atoms with Crippen LogP contribution in [0.15, 0.2) is 18.2 Å². The molecule has 7 heteroatoms. The van der Waals surface area contributed by atoms with Gasteiger partial charge in [0, 0.05) is 22.2 Å². The van der Waals surface area contributed by atoms with Gasteiger partial charge in [-0.25, -0.2) is 0 Å². The van der Waals surface area contributed by atoms with Crippen molar-refractivity contribution in [1.29, 1.82) is 0 Å². The third kappa shape index (κ3) is 3.21. The lowest BCUT2D eigenvalue weighted by Crippen LogP contribution is -2.17. The molecule has 1 aromatic carbocycles. The molecule has 19 heavy (non-hydrogen) atoms. The molecular weight excluding hydrogens is 284 g/mol. The Morgan fingerprint density at radius 2 is 2.16 bits per heavy atom. The van der Waals surface area contributed by atoms with Gasteiger partial charge >= 0.3 is 0 Å². The smallest absolute Gasteiger partial charge is 0.228 e. The molecule has 0 unspecified atom stereocenters. The summed E-state index contributed by atoms with van der Waals surface area (Å²) >= 11 is 7.12. The van der Waals surface area contributed by atoms with Gasteiger partial charge in [-0.3, -0.25) is 4.79 Å². The van der Waals surface area contributed by atoms with Gasteiger partial charge in [0.2, 0.25) is 11.0 Å². The lowest BCUT2D eigenvalue weighted by molar-refractivity contribution is -0.118. The number of anilines is 2. The largest absolute Gasteiger partial charge is 0.398 e. The molecule has 0 aliphatic rings. The minimum Gasteiger partial charge on any atom is -0.398 e. The number of nitrogens with zero attached hydrogens (tertiary/aromatic N) is 2. The maximum atomic E-state index is 11.6. The lowest BCUT2D eigenvalue weighted by atomic mass is 10.2. The predicted octanol–water partition coefficient (Wildman–Crippen LogP) is 3.04. The van der Waals surface area contributed by atoms with E-state index in [9.17, 15) is 4.79 Å². The molecule has 0 aliphatic heterocycles. The maximum absolute atomic E-state index is 11.6. The zero-order valence-electron chi connectivity index (χ0n) is 10.5. The van der Waals surface area contributed by atoms with Crippen molar-refractivity contribution >= 4 is 39.7 Å². The SMILES string of the molecule is CC(C)C(=O)Nc1nnc(-c2ccc(Cl)cc2N)s1. The van der Waals surface area contributed by atoms with Gasteiger partial charge in [-0.05, 0) is 18.2 Å². The average Bonchev–Trinajstić information content (AvgIpc) is 2.77. The van der Waals surface area contributed by atoms with Gasteiger partial charge in [0.05, 0.1) is 0 Å². The molecule has 3 N–H and O–H groups in total. The van der Waals surface area contributed by atoms with Crippen LogP contribution in [0.4, 0.5) is 10.8 Å². The van der Waals surface area contributed by atoms with Crippen molar-refractivity contribution in [3.05, 3.63) is 23.2 Å². The first-order valence-corrected chi connectivity index (χ1v) is 6.86. The van der Waals surface area contributed by atoms with Crippen molar-refractivity contribution in [3.63, 3.8) is 0 Å². The lowest BCUT2D eigenvalue weighted by Gasteiger charge is -2.03. The number of benzene rings is 1. The predicted molar refractivity (Wildman–Crippen MR) is 78.2 cm³/mol. The highest BCUT2D eigenvalue weighted by Gasteiger charge is 2.13. The summed E-state index contributed by atoms with van der Waals surface area (Å²) in [5.41, 5.74) is 7.17. The van der Waals surface area contributed by atoms with Crippen LogP contribution >= 0.6 is 22.9 Å². The van der Waals surface area contributed by atoms with Crippen LogP contribution in [0.2, 0.25) is 5.02 Å².